The molecular weight excluding hydrogens is 266 g/mol. The second-order valence-corrected chi connectivity index (χ2v) is 5.24. The number of carbonyl (C=O) groups excluding carboxylic acids is 2. The highest BCUT2D eigenvalue weighted by Gasteiger charge is 2.58. The van der Waals surface area contributed by atoms with Crippen LogP contribution in [-0.2, 0) is 9.59 Å². The van der Waals surface area contributed by atoms with E-state index in [4.69, 9.17) is 0 Å². The molecular formula is C12H17N3O5. The maximum atomic E-state index is 12.1. The van der Waals surface area contributed by atoms with Crippen LogP contribution in [0.1, 0.15) is 26.7 Å². The van der Waals surface area contributed by atoms with Crippen molar-refractivity contribution in [2.75, 3.05) is 0 Å². The van der Waals surface area contributed by atoms with Crippen LogP contribution < -0.4 is 10.6 Å². The smallest absolute Gasteiger partial charge is 0.232 e. The molecule has 1 heterocycles. The molecule has 0 unspecified atom stereocenters. The number of aliphatic hydroxyl groups excluding tert-OH is 1. The van der Waals surface area contributed by atoms with Crippen molar-refractivity contribution < 1.29 is 24.9 Å². The highest BCUT2D eigenvalue weighted by molar-refractivity contribution is 6.06. The fourth-order valence-electron chi connectivity index (χ4n) is 2.62. The summed E-state index contributed by atoms with van der Waals surface area (Å²) in [6.07, 6.45) is 1.38. The lowest BCUT2D eigenvalue weighted by molar-refractivity contribution is -0.212. The molecule has 1 aliphatic carbocycles. The molecule has 8 heteroatoms. The first-order valence-corrected chi connectivity index (χ1v) is 6.17. The van der Waals surface area contributed by atoms with Gasteiger partial charge in [0, 0.05) is 13.3 Å². The number of hydrogen-bond donors (Lipinski definition) is 5. The minimum Gasteiger partial charge on any atom is -0.513 e. The second-order valence-electron chi connectivity index (χ2n) is 5.24. The Labute approximate surface area is 115 Å². The average molecular weight is 283 g/mol. The molecule has 0 saturated carbocycles. The van der Waals surface area contributed by atoms with Crippen LogP contribution in [-0.4, -0.2) is 44.4 Å². The fourth-order valence-corrected chi connectivity index (χ4v) is 2.62. The lowest BCUT2D eigenvalue weighted by Crippen LogP contribution is -2.66. The maximum absolute atomic E-state index is 12.1. The van der Waals surface area contributed by atoms with E-state index in [9.17, 15) is 24.9 Å². The van der Waals surface area contributed by atoms with Crippen LogP contribution in [0.4, 0.5) is 0 Å². The largest absolute Gasteiger partial charge is 0.513 e. The summed E-state index contributed by atoms with van der Waals surface area (Å²) in [6.45, 7) is 2.34. The van der Waals surface area contributed by atoms with Gasteiger partial charge in [-0.2, -0.15) is 0 Å². The first kappa shape index (κ1) is 14.5. The van der Waals surface area contributed by atoms with Crippen LogP contribution in [0, 0.1) is 5.92 Å². The van der Waals surface area contributed by atoms with Crippen LogP contribution >= 0.6 is 0 Å². The highest BCUT2D eigenvalue weighted by atomic mass is 16.5. The average Bonchev–Trinajstić information content (AvgIpc) is 2.25. The molecule has 2 rings (SSSR count). The number of aliphatic hydroxyl groups is 3. The molecule has 2 amide bonds. The number of allylic oxidation sites excluding steroid dienone is 1. The van der Waals surface area contributed by atoms with Crippen LogP contribution in [0.25, 0.3) is 0 Å². The standard InChI is InChI=1S/C12H17N3O5/c1-6(16)13-10-14-9(18)8-4-3-7(17)5-12(8,15-10)11(2,19)20/h3,8,17,19-20H,4-5H2,1-2H3,(H2,13,14,15,16,18)/t8-,12-/m1/s1. The molecule has 2 aliphatic rings. The van der Waals surface area contributed by atoms with Crippen molar-refractivity contribution in [1.82, 2.24) is 10.6 Å². The first-order valence-electron chi connectivity index (χ1n) is 6.17. The van der Waals surface area contributed by atoms with Gasteiger partial charge in [-0.3, -0.25) is 20.2 Å². The van der Waals surface area contributed by atoms with Gasteiger partial charge in [-0.1, -0.05) is 0 Å². The van der Waals surface area contributed by atoms with E-state index in [1.54, 1.807) is 0 Å². The Morgan fingerprint density at radius 2 is 2.25 bits per heavy atom. The Morgan fingerprint density at radius 1 is 1.60 bits per heavy atom. The second kappa shape index (κ2) is 4.57. The number of guanidine groups is 1. The van der Waals surface area contributed by atoms with Gasteiger partial charge < -0.3 is 15.3 Å². The van der Waals surface area contributed by atoms with Gasteiger partial charge in [0.1, 0.15) is 5.54 Å². The minimum atomic E-state index is -2.33. The van der Waals surface area contributed by atoms with Gasteiger partial charge in [-0.25, -0.2) is 4.99 Å². The molecule has 0 fully saturated rings. The number of nitrogens with zero attached hydrogens (tertiary/aromatic N) is 1. The number of hydrogen-bond acceptors (Lipinski definition) is 6. The Balaban J connectivity index is 2.53. The fraction of sp³-hybridized carbons (Fsp3) is 0.583. The van der Waals surface area contributed by atoms with Crippen LogP contribution in [0.5, 0.6) is 0 Å². The molecule has 0 bridgehead atoms. The third-order valence-electron chi connectivity index (χ3n) is 3.60. The number of nitrogens with one attached hydrogen (secondary N) is 2. The van der Waals surface area contributed by atoms with E-state index in [-0.39, 0.29) is 24.6 Å². The summed E-state index contributed by atoms with van der Waals surface area (Å²) < 4.78 is 0. The van der Waals surface area contributed by atoms with Crippen molar-refractivity contribution in [3.05, 3.63) is 11.8 Å². The van der Waals surface area contributed by atoms with Crippen LogP contribution in [0.15, 0.2) is 16.8 Å². The van der Waals surface area contributed by atoms with Gasteiger partial charge in [-0.15, -0.1) is 0 Å². The quantitative estimate of drug-likeness (QED) is 0.390. The monoisotopic (exact) mass is 283 g/mol. The molecule has 8 nitrogen and oxygen atoms in total. The molecule has 20 heavy (non-hydrogen) atoms. The predicted octanol–water partition coefficient (Wildman–Crippen LogP) is -1.10. The normalized spacial score (nSPS) is 29.8. The number of rotatable bonds is 1. The molecule has 1 aliphatic heterocycles. The van der Waals surface area contributed by atoms with Crippen molar-refractivity contribution in [3.8, 4) is 0 Å². The van der Waals surface area contributed by atoms with Crippen molar-refractivity contribution >= 4 is 17.8 Å². The predicted molar refractivity (Wildman–Crippen MR) is 68.4 cm³/mol. The summed E-state index contributed by atoms with van der Waals surface area (Å²) in [5.41, 5.74) is -1.63. The Morgan fingerprint density at radius 3 is 2.80 bits per heavy atom. The first-order chi connectivity index (χ1) is 9.15. The summed E-state index contributed by atoms with van der Waals surface area (Å²) in [7, 11) is 0. The van der Waals surface area contributed by atoms with E-state index in [2.05, 4.69) is 15.6 Å². The molecule has 0 radical (unpaired) electrons. The van der Waals surface area contributed by atoms with Gasteiger partial charge >= 0.3 is 0 Å². The molecule has 110 valence electrons. The Kier molecular flexibility index (Phi) is 3.31. The van der Waals surface area contributed by atoms with Crippen LogP contribution in [0.3, 0.4) is 0 Å². The lowest BCUT2D eigenvalue weighted by Gasteiger charge is -2.47. The molecule has 0 spiro atoms. The topological polar surface area (TPSA) is 131 Å². The number of aliphatic imine (C=N–C) groups is 1. The molecule has 5 N–H and O–H groups in total. The zero-order valence-corrected chi connectivity index (χ0v) is 11.2. The minimum absolute atomic E-state index is 0.0730. The summed E-state index contributed by atoms with van der Waals surface area (Å²) in [4.78, 5) is 27.3. The highest BCUT2D eigenvalue weighted by Crippen LogP contribution is 2.44. The van der Waals surface area contributed by atoms with Gasteiger partial charge in [0.2, 0.25) is 17.8 Å². The zero-order chi connectivity index (χ0) is 15.1. The zero-order valence-electron chi connectivity index (χ0n) is 11.2. The van der Waals surface area contributed by atoms with Crippen molar-refractivity contribution in [2.24, 2.45) is 10.9 Å². The van der Waals surface area contributed by atoms with Crippen LogP contribution in [0.2, 0.25) is 0 Å². The van der Waals surface area contributed by atoms with Gasteiger partial charge in [0.15, 0.2) is 5.79 Å². The van der Waals surface area contributed by atoms with Gasteiger partial charge in [0.25, 0.3) is 0 Å². The summed E-state index contributed by atoms with van der Waals surface area (Å²) in [6, 6.07) is 0. The molecule has 2 atom stereocenters. The Hall–Kier alpha value is -1.93. The summed E-state index contributed by atoms with van der Waals surface area (Å²) >= 11 is 0. The molecule has 0 aromatic carbocycles. The van der Waals surface area contributed by atoms with Gasteiger partial charge in [-0.05, 0) is 19.4 Å². The number of amides is 2. The summed E-state index contributed by atoms with van der Waals surface area (Å²) in [5.74, 6) is -4.33. The third kappa shape index (κ3) is 2.27. The SMILES string of the molecule is CC(=O)NC1=N[C@]2(C(C)(O)O)CC(O)=CC[C@@H]2C(=O)N1. The van der Waals surface area contributed by atoms with Gasteiger partial charge in [0.05, 0.1) is 11.7 Å². The van der Waals surface area contributed by atoms with E-state index in [0.29, 0.717) is 0 Å². The van der Waals surface area contributed by atoms with E-state index in [1.165, 1.54) is 13.0 Å². The Bertz CT molecular complexity index is 520. The number of carbonyl (C=O) groups is 2. The van der Waals surface area contributed by atoms with Crippen molar-refractivity contribution in [2.45, 2.75) is 38.0 Å². The number of fused-ring (bicyclic) bond motifs is 1. The third-order valence-corrected chi connectivity index (χ3v) is 3.60. The molecule has 0 saturated heterocycles. The summed E-state index contributed by atoms with van der Waals surface area (Å²) in [5, 5.41) is 34.5. The van der Waals surface area contributed by atoms with E-state index in [0.717, 1.165) is 6.92 Å². The molecule has 0 aromatic heterocycles. The lowest BCUT2D eigenvalue weighted by atomic mass is 9.69. The van der Waals surface area contributed by atoms with E-state index >= 15 is 0 Å². The molecule has 0 aromatic rings. The van der Waals surface area contributed by atoms with Crippen molar-refractivity contribution in [3.63, 3.8) is 0 Å². The maximum Gasteiger partial charge on any atom is 0.232 e. The van der Waals surface area contributed by atoms with Crippen molar-refractivity contribution in [1.29, 1.82) is 0 Å². The van der Waals surface area contributed by atoms with E-state index in [1.807, 2.05) is 0 Å². The van der Waals surface area contributed by atoms with E-state index < -0.39 is 29.1 Å².